The minimum Gasteiger partial charge on any atom is -0.380 e. The van der Waals surface area contributed by atoms with E-state index in [1.807, 2.05) is 12.1 Å². The van der Waals surface area contributed by atoms with Crippen molar-refractivity contribution in [1.82, 2.24) is 10.3 Å². The fourth-order valence-electron chi connectivity index (χ4n) is 2.13. The molecule has 0 spiro atoms. The average molecular weight is 297 g/mol. The third-order valence-electron chi connectivity index (χ3n) is 3.39. The van der Waals surface area contributed by atoms with Gasteiger partial charge in [0.25, 0.3) is 5.91 Å². The first-order valence-electron chi connectivity index (χ1n) is 7.72. The maximum absolute atomic E-state index is 11.9. The fraction of sp³-hybridized carbons (Fsp3) is 0.333. The minimum absolute atomic E-state index is 0.112. The highest BCUT2D eigenvalue weighted by molar-refractivity contribution is 5.92. The first-order valence-corrected chi connectivity index (χ1v) is 7.72. The minimum atomic E-state index is -0.112. The first-order chi connectivity index (χ1) is 10.7. The Bertz CT molecular complexity index is 608. The van der Waals surface area contributed by atoms with Gasteiger partial charge in [-0.1, -0.05) is 43.2 Å². The summed E-state index contributed by atoms with van der Waals surface area (Å²) < 4.78 is 0. The molecule has 4 heteroatoms. The van der Waals surface area contributed by atoms with Crippen molar-refractivity contribution >= 4 is 11.6 Å². The van der Waals surface area contributed by atoms with Crippen LogP contribution in [0.2, 0.25) is 0 Å². The lowest BCUT2D eigenvalue weighted by Crippen LogP contribution is -2.25. The van der Waals surface area contributed by atoms with Crippen LogP contribution in [0.15, 0.2) is 42.6 Å². The number of nitrogens with one attached hydrogen (secondary N) is 2. The van der Waals surface area contributed by atoms with Crippen molar-refractivity contribution in [2.45, 2.75) is 33.2 Å². The Labute approximate surface area is 132 Å². The Kier molecular flexibility index (Phi) is 5.95. The van der Waals surface area contributed by atoms with E-state index >= 15 is 0 Å². The molecule has 1 heterocycles. The van der Waals surface area contributed by atoms with Crippen LogP contribution in [0, 0.1) is 6.92 Å². The van der Waals surface area contributed by atoms with Gasteiger partial charge >= 0.3 is 0 Å². The van der Waals surface area contributed by atoms with E-state index in [4.69, 9.17) is 0 Å². The van der Waals surface area contributed by atoms with Crippen molar-refractivity contribution in [2.24, 2.45) is 0 Å². The first kappa shape index (κ1) is 16.0. The van der Waals surface area contributed by atoms with Crippen LogP contribution >= 0.6 is 0 Å². The van der Waals surface area contributed by atoms with E-state index in [9.17, 15) is 4.79 Å². The summed E-state index contributed by atoms with van der Waals surface area (Å²) in [5.41, 5.74) is 3.83. The molecule has 0 fully saturated rings. The number of amides is 1. The summed E-state index contributed by atoms with van der Waals surface area (Å²) in [6.07, 6.45) is 3.75. The molecule has 4 nitrogen and oxygen atoms in total. The molecule has 0 saturated carbocycles. The number of pyridine rings is 1. The predicted molar refractivity (Wildman–Crippen MR) is 90.0 cm³/mol. The highest BCUT2D eigenvalue weighted by Gasteiger charge is 2.05. The second kappa shape index (κ2) is 8.17. The third-order valence-corrected chi connectivity index (χ3v) is 3.39. The number of rotatable bonds is 7. The predicted octanol–water partition coefficient (Wildman–Crippen LogP) is 3.53. The molecule has 2 aromatic rings. The molecule has 0 saturated heterocycles. The monoisotopic (exact) mass is 297 g/mol. The van der Waals surface area contributed by atoms with Gasteiger partial charge in [-0.2, -0.15) is 0 Å². The Hall–Kier alpha value is -2.36. The second-order valence-electron chi connectivity index (χ2n) is 5.38. The topological polar surface area (TPSA) is 54.0 Å². The van der Waals surface area contributed by atoms with Crippen molar-refractivity contribution < 1.29 is 4.79 Å². The van der Waals surface area contributed by atoms with Crippen molar-refractivity contribution in [3.05, 3.63) is 59.4 Å². The Morgan fingerprint density at radius 1 is 1.23 bits per heavy atom. The third kappa shape index (κ3) is 4.88. The zero-order valence-corrected chi connectivity index (χ0v) is 13.2. The van der Waals surface area contributed by atoms with Crippen LogP contribution in [0.4, 0.5) is 5.69 Å². The second-order valence-corrected chi connectivity index (χ2v) is 5.38. The quantitative estimate of drug-likeness (QED) is 0.769. The molecule has 0 atom stereocenters. The van der Waals surface area contributed by atoms with Gasteiger partial charge in [0.1, 0.15) is 5.69 Å². The molecule has 1 aromatic heterocycles. The van der Waals surface area contributed by atoms with E-state index in [0.29, 0.717) is 12.2 Å². The standard InChI is InChI=1S/C18H23N3O/c1-3-4-10-19-18(22)17-9-8-16(13-21-17)20-12-15-7-5-6-14(2)11-15/h5-9,11,13,20H,3-4,10,12H2,1-2H3,(H,19,22). The molecule has 0 unspecified atom stereocenters. The van der Waals surface area contributed by atoms with Crippen molar-refractivity contribution in [2.75, 3.05) is 11.9 Å². The number of aromatic nitrogens is 1. The Morgan fingerprint density at radius 2 is 2.09 bits per heavy atom. The summed E-state index contributed by atoms with van der Waals surface area (Å²) >= 11 is 0. The van der Waals surface area contributed by atoms with Gasteiger partial charge in [-0.05, 0) is 31.0 Å². The lowest BCUT2D eigenvalue weighted by atomic mass is 10.1. The molecule has 2 rings (SSSR count). The van der Waals surface area contributed by atoms with Gasteiger partial charge in [0, 0.05) is 13.1 Å². The van der Waals surface area contributed by atoms with Crippen LogP contribution < -0.4 is 10.6 Å². The zero-order valence-electron chi connectivity index (χ0n) is 13.2. The van der Waals surface area contributed by atoms with Gasteiger partial charge in [0.05, 0.1) is 11.9 Å². The molecule has 2 N–H and O–H groups in total. The van der Waals surface area contributed by atoms with Gasteiger partial charge in [-0.25, -0.2) is 4.98 Å². The summed E-state index contributed by atoms with van der Waals surface area (Å²) in [5.74, 6) is -0.112. The Balaban J connectivity index is 1.87. The van der Waals surface area contributed by atoms with Crippen LogP contribution in [0.25, 0.3) is 0 Å². The van der Waals surface area contributed by atoms with Gasteiger partial charge in [0.15, 0.2) is 0 Å². The molecule has 1 amide bonds. The summed E-state index contributed by atoms with van der Waals surface area (Å²) in [7, 11) is 0. The number of hydrogen-bond donors (Lipinski definition) is 2. The van der Waals surface area contributed by atoms with E-state index < -0.39 is 0 Å². The molecule has 0 aliphatic rings. The summed E-state index contributed by atoms with van der Waals surface area (Å²) in [4.78, 5) is 16.1. The van der Waals surface area contributed by atoms with Crippen LogP contribution in [-0.4, -0.2) is 17.4 Å². The number of anilines is 1. The maximum atomic E-state index is 11.9. The van der Waals surface area contributed by atoms with E-state index in [-0.39, 0.29) is 5.91 Å². The molecular formula is C18H23N3O. The maximum Gasteiger partial charge on any atom is 0.269 e. The van der Waals surface area contributed by atoms with E-state index in [1.54, 1.807) is 12.3 Å². The molecule has 22 heavy (non-hydrogen) atoms. The number of unbranched alkanes of at least 4 members (excludes halogenated alkanes) is 1. The van der Waals surface area contributed by atoms with E-state index in [1.165, 1.54) is 11.1 Å². The molecule has 0 bridgehead atoms. The molecular weight excluding hydrogens is 274 g/mol. The summed E-state index contributed by atoms with van der Waals surface area (Å²) in [6, 6.07) is 12.0. The highest BCUT2D eigenvalue weighted by Crippen LogP contribution is 2.10. The lowest BCUT2D eigenvalue weighted by Gasteiger charge is -2.08. The lowest BCUT2D eigenvalue weighted by molar-refractivity contribution is 0.0948. The van der Waals surface area contributed by atoms with Gasteiger partial charge in [-0.3, -0.25) is 4.79 Å². The molecule has 0 aliphatic heterocycles. The number of aryl methyl sites for hydroxylation is 1. The highest BCUT2D eigenvalue weighted by atomic mass is 16.1. The van der Waals surface area contributed by atoms with Crippen molar-refractivity contribution in [3.63, 3.8) is 0 Å². The molecule has 1 aromatic carbocycles. The zero-order chi connectivity index (χ0) is 15.8. The molecule has 0 aliphatic carbocycles. The van der Waals surface area contributed by atoms with Crippen LogP contribution in [0.1, 0.15) is 41.4 Å². The number of carbonyl (C=O) groups is 1. The number of hydrogen-bond acceptors (Lipinski definition) is 3. The SMILES string of the molecule is CCCCNC(=O)c1ccc(NCc2cccc(C)c2)cn1. The van der Waals surface area contributed by atoms with Crippen molar-refractivity contribution in [1.29, 1.82) is 0 Å². The Morgan fingerprint density at radius 3 is 2.77 bits per heavy atom. The number of carbonyl (C=O) groups excluding carboxylic acids is 1. The largest absolute Gasteiger partial charge is 0.380 e. The molecule has 116 valence electrons. The van der Waals surface area contributed by atoms with Crippen molar-refractivity contribution in [3.8, 4) is 0 Å². The van der Waals surface area contributed by atoms with Gasteiger partial charge in [-0.15, -0.1) is 0 Å². The van der Waals surface area contributed by atoms with Crippen LogP contribution in [0.3, 0.4) is 0 Å². The normalized spacial score (nSPS) is 10.3. The van der Waals surface area contributed by atoms with E-state index in [0.717, 1.165) is 25.1 Å². The van der Waals surface area contributed by atoms with Crippen LogP contribution in [0.5, 0.6) is 0 Å². The number of benzene rings is 1. The van der Waals surface area contributed by atoms with Crippen LogP contribution in [-0.2, 0) is 6.54 Å². The van der Waals surface area contributed by atoms with Gasteiger partial charge in [0.2, 0.25) is 0 Å². The average Bonchev–Trinajstić information content (AvgIpc) is 2.54. The summed E-state index contributed by atoms with van der Waals surface area (Å²) in [5, 5.41) is 6.17. The fourth-order valence-corrected chi connectivity index (χ4v) is 2.13. The van der Waals surface area contributed by atoms with E-state index in [2.05, 4.69) is 47.7 Å². The van der Waals surface area contributed by atoms with Gasteiger partial charge < -0.3 is 10.6 Å². The number of nitrogens with zero attached hydrogens (tertiary/aromatic N) is 1. The molecule has 0 radical (unpaired) electrons. The smallest absolute Gasteiger partial charge is 0.269 e. The summed E-state index contributed by atoms with van der Waals surface area (Å²) in [6.45, 7) is 5.62.